The summed E-state index contributed by atoms with van der Waals surface area (Å²) < 4.78 is 28.4. The summed E-state index contributed by atoms with van der Waals surface area (Å²) in [5.74, 6) is -0.900. The molecule has 2 rings (SSSR count). The SMILES string of the molecule is O=C(O)C1(c2cccc(OC(F)F)c2)CCC1. The van der Waals surface area contributed by atoms with Crippen molar-refractivity contribution in [1.82, 2.24) is 0 Å². The largest absolute Gasteiger partial charge is 0.481 e. The Hall–Kier alpha value is -1.65. The standard InChI is InChI=1S/C12H12F2O3/c13-11(14)17-9-4-1-3-8(7-9)12(10(15)16)5-2-6-12/h1,3-4,7,11H,2,5-6H2,(H,15,16). The van der Waals surface area contributed by atoms with Crippen LogP contribution in [-0.4, -0.2) is 17.7 Å². The van der Waals surface area contributed by atoms with Gasteiger partial charge in [0, 0.05) is 0 Å². The number of ether oxygens (including phenoxy) is 1. The van der Waals surface area contributed by atoms with Crippen LogP contribution < -0.4 is 4.74 Å². The third-order valence-corrected chi connectivity index (χ3v) is 3.23. The normalized spacial score (nSPS) is 17.6. The maximum atomic E-state index is 12.1. The van der Waals surface area contributed by atoms with Gasteiger partial charge in [0.2, 0.25) is 0 Å². The summed E-state index contributed by atoms with van der Waals surface area (Å²) in [6.45, 7) is -2.90. The number of aliphatic carboxylic acids is 1. The molecule has 0 saturated heterocycles. The lowest BCUT2D eigenvalue weighted by molar-refractivity contribution is -0.147. The number of alkyl halides is 2. The van der Waals surface area contributed by atoms with Gasteiger partial charge in [0.1, 0.15) is 5.75 Å². The molecule has 0 aliphatic heterocycles. The van der Waals surface area contributed by atoms with Gasteiger partial charge in [-0.05, 0) is 30.5 Å². The zero-order valence-corrected chi connectivity index (χ0v) is 9.03. The Kier molecular flexibility index (Phi) is 3.00. The molecule has 1 aromatic carbocycles. The summed E-state index contributed by atoms with van der Waals surface area (Å²) in [4.78, 5) is 11.2. The third-order valence-electron chi connectivity index (χ3n) is 3.23. The highest BCUT2D eigenvalue weighted by molar-refractivity contribution is 5.82. The van der Waals surface area contributed by atoms with Crippen LogP contribution in [-0.2, 0) is 10.2 Å². The number of benzene rings is 1. The molecule has 5 heteroatoms. The summed E-state index contributed by atoms with van der Waals surface area (Å²) in [7, 11) is 0. The number of hydrogen-bond donors (Lipinski definition) is 1. The predicted octanol–water partition coefficient (Wildman–Crippen LogP) is 2.79. The molecule has 1 aliphatic carbocycles. The Morgan fingerprint density at radius 1 is 1.41 bits per heavy atom. The zero-order chi connectivity index (χ0) is 12.5. The summed E-state index contributed by atoms with van der Waals surface area (Å²) in [5.41, 5.74) is -0.379. The topological polar surface area (TPSA) is 46.5 Å². The summed E-state index contributed by atoms with van der Waals surface area (Å²) in [5, 5.41) is 9.22. The molecule has 0 spiro atoms. The minimum atomic E-state index is -2.90. The minimum absolute atomic E-state index is 0.00465. The van der Waals surface area contributed by atoms with Crippen LogP contribution in [0.2, 0.25) is 0 Å². The Morgan fingerprint density at radius 2 is 2.12 bits per heavy atom. The summed E-state index contributed by atoms with van der Waals surface area (Å²) in [6, 6.07) is 5.96. The number of carbonyl (C=O) groups is 1. The quantitative estimate of drug-likeness (QED) is 0.883. The molecule has 0 aromatic heterocycles. The molecule has 0 amide bonds. The number of hydrogen-bond acceptors (Lipinski definition) is 2. The van der Waals surface area contributed by atoms with Gasteiger partial charge in [-0.15, -0.1) is 0 Å². The van der Waals surface area contributed by atoms with Crippen LogP contribution in [0.3, 0.4) is 0 Å². The van der Waals surface area contributed by atoms with E-state index in [-0.39, 0.29) is 5.75 Å². The molecule has 1 aliphatic rings. The van der Waals surface area contributed by atoms with Gasteiger partial charge < -0.3 is 9.84 Å². The first-order valence-corrected chi connectivity index (χ1v) is 5.33. The monoisotopic (exact) mass is 242 g/mol. The second-order valence-corrected chi connectivity index (χ2v) is 4.15. The van der Waals surface area contributed by atoms with Gasteiger partial charge in [0.05, 0.1) is 5.41 Å². The van der Waals surface area contributed by atoms with E-state index in [1.807, 2.05) is 0 Å². The van der Waals surface area contributed by atoms with E-state index in [1.165, 1.54) is 18.2 Å². The average Bonchev–Trinajstić information content (AvgIpc) is 2.14. The van der Waals surface area contributed by atoms with Crippen LogP contribution in [0.5, 0.6) is 5.75 Å². The molecule has 1 saturated carbocycles. The highest BCUT2D eigenvalue weighted by Crippen LogP contribution is 2.44. The molecule has 17 heavy (non-hydrogen) atoms. The van der Waals surface area contributed by atoms with Gasteiger partial charge >= 0.3 is 12.6 Å². The Bertz CT molecular complexity index is 428. The molecular formula is C12H12F2O3. The van der Waals surface area contributed by atoms with E-state index in [0.29, 0.717) is 18.4 Å². The van der Waals surface area contributed by atoms with Crippen LogP contribution in [0.15, 0.2) is 24.3 Å². The number of carboxylic acids is 1. The fourth-order valence-corrected chi connectivity index (χ4v) is 2.13. The average molecular weight is 242 g/mol. The molecule has 3 nitrogen and oxygen atoms in total. The van der Waals surface area contributed by atoms with Gasteiger partial charge in [0.15, 0.2) is 0 Å². The van der Waals surface area contributed by atoms with Crippen molar-refractivity contribution in [3.8, 4) is 5.75 Å². The van der Waals surface area contributed by atoms with Crippen LogP contribution in [0.1, 0.15) is 24.8 Å². The molecule has 1 aromatic rings. The molecule has 1 N–H and O–H groups in total. The Labute approximate surface area is 97.0 Å². The lowest BCUT2D eigenvalue weighted by Gasteiger charge is -2.38. The van der Waals surface area contributed by atoms with Crippen molar-refractivity contribution in [3.63, 3.8) is 0 Å². The van der Waals surface area contributed by atoms with Gasteiger partial charge in [-0.2, -0.15) is 8.78 Å². The first kappa shape index (κ1) is 11.8. The second kappa shape index (κ2) is 4.31. The Balaban J connectivity index is 2.29. The minimum Gasteiger partial charge on any atom is -0.481 e. The highest BCUT2D eigenvalue weighted by atomic mass is 19.3. The van der Waals surface area contributed by atoms with Crippen LogP contribution >= 0.6 is 0 Å². The zero-order valence-electron chi connectivity index (χ0n) is 9.03. The van der Waals surface area contributed by atoms with E-state index in [9.17, 15) is 18.7 Å². The lowest BCUT2D eigenvalue weighted by Crippen LogP contribution is -2.42. The van der Waals surface area contributed by atoms with Crippen molar-refractivity contribution in [2.45, 2.75) is 31.3 Å². The van der Waals surface area contributed by atoms with Crippen molar-refractivity contribution < 1.29 is 23.4 Å². The number of rotatable bonds is 4. The van der Waals surface area contributed by atoms with Gasteiger partial charge in [-0.25, -0.2) is 0 Å². The van der Waals surface area contributed by atoms with Crippen LogP contribution in [0, 0.1) is 0 Å². The van der Waals surface area contributed by atoms with Crippen LogP contribution in [0.4, 0.5) is 8.78 Å². The van der Waals surface area contributed by atoms with Gasteiger partial charge in [-0.1, -0.05) is 18.6 Å². The van der Waals surface area contributed by atoms with Crippen molar-refractivity contribution in [1.29, 1.82) is 0 Å². The van der Waals surface area contributed by atoms with E-state index in [4.69, 9.17) is 0 Å². The highest BCUT2D eigenvalue weighted by Gasteiger charge is 2.46. The van der Waals surface area contributed by atoms with Crippen molar-refractivity contribution >= 4 is 5.97 Å². The molecule has 92 valence electrons. The maximum absolute atomic E-state index is 12.1. The van der Waals surface area contributed by atoms with Crippen molar-refractivity contribution in [2.75, 3.05) is 0 Å². The van der Waals surface area contributed by atoms with Crippen molar-refractivity contribution in [2.24, 2.45) is 0 Å². The van der Waals surface area contributed by atoms with Crippen LogP contribution in [0.25, 0.3) is 0 Å². The fourth-order valence-electron chi connectivity index (χ4n) is 2.13. The van der Waals surface area contributed by atoms with E-state index in [2.05, 4.69) is 4.74 Å². The smallest absolute Gasteiger partial charge is 0.387 e. The lowest BCUT2D eigenvalue weighted by atomic mass is 9.64. The molecule has 0 atom stereocenters. The molecule has 1 fully saturated rings. The fraction of sp³-hybridized carbons (Fsp3) is 0.417. The van der Waals surface area contributed by atoms with E-state index >= 15 is 0 Å². The maximum Gasteiger partial charge on any atom is 0.387 e. The molecule has 0 radical (unpaired) electrons. The first-order valence-electron chi connectivity index (χ1n) is 5.33. The summed E-state index contributed by atoms with van der Waals surface area (Å²) >= 11 is 0. The van der Waals surface area contributed by atoms with Crippen molar-refractivity contribution in [3.05, 3.63) is 29.8 Å². The molecule has 0 heterocycles. The number of carboxylic acid groups (broad SMARTS) is 1. The first-order chi connectivity index (χ1) is 8.04. The number of halogens is 2. The van der Waals surface area contributed by atoms with E-state index < -0.39 is 18.0 Å². The Morgan fingerprint density at radius 3 is 2.59 bits per heavy atom. The summed E-state index contributed by atoms with van der Waals surface area (Å²) in [6.07, 6.45) is 1.92. The third kappa shape index (κ3) is 2.09. The van der Waals surface area contributed by atoms with E-state index in [1.54, 1.807) is 6.07 Å². The molecule has 0 bridgehead atoms. The molecule has 0 unspecified atom stereocenters. The predicted molar refractivity (Wildman–Crippen MR) is 56.2 cm³/mol. The van der Waals surface area contributed by atoms with Gasteiger partial charge in [0.25, 0.3) is 0 Å². The molecular weight excluding hydrogens is 230 g/mol. The van der Waals surface area contributed by atoms with Gasteiger partial charge in [-0.3, -0.25) is 4.79 Å². The second-order valence-electron chi connectivity index (χ2n) is 4.15. The van der Waals surface area contributed by atoms with E-state index in [0.717, 1.165) is 6.42 Å².